The van der Waals surface area contributed by atoms with Crippen molar-refractivity contribution in [2.24, 2.45) is 5.41 Å². The average Bonchev–Trinajstić information content (AvgIpc) is 3.50. The molecule has 2 aromatic rings. The maximum Gasteiger partial charge on any atom is 0.410 e. The number of nitriles is 1. The van der Waals surface area contributed by atoms with Crippen LogP contribution in [-0.2, 0) is 31.7 Å². The van der Waals surface area contributed by atoms with Gasteiger partial charge in [0.05, 0.1) is 17.9 Å². The molecule has 1 spiro atoms. The first kappa shape index (κ1) is 39.4. The number of aryl methyl sites for hydroxylation is 1. The number of nitrogens with one attached hydrogen (secondary N) is 1. The molecule has 14 heteroatoms. The van der Waals surface area contributed by atoms with Gasteiger partial charge >= 0.3 is 12.1 Å². The van der Waals surface area contributed by atoms with Gasteiger partial charge in [-0.15, -0.1) is 0 Å². The normalized spacial score (nSPS) is 17.7. The zero-order valence-electron chi connectivity index (χ0n) is 32.7. The number of aromatic nitrogens is 2. The van der Waals surface area contributed by atoms with Crippen molar-refractivity contribution >= 4 is 37.8 Å². The van der Waals surface area contributed by atoms with Crippen LogP contribution >= 0.6 is 0 Å². The number of hydrogen-bond acceptors (Lipinski definition) is 10. The third kappa shape index (κ3) is 8.70. The summed E-state index contributed by atoms with van der Waals surface area (Å²) in [5, 5.41) is 13.0. The van der Waals surface area contributed by atoms with Gasteiger partial charge in [-0.2, -0.15) is 5.26 Å². The second-order valence-corrected chi connectivity index (χ2v) is 21.7. The molecule has 0 aliphatic carbocycles. The van der Waals surface area contributed by atoms with Crippen LogP contribution in [0.25, 0.3) is 0 Å². The van der Waals surface area contributed by atoms with E-state index in [1.807, 2.05) is 25.7 Å². The number of nitrogens with zero attached hydrogens (tertiary/aromatic N) is 6. The Morgan fingerprint density at radius 1 is 1.04 bits per heavy atom. The van der Waals surface area contributed by atoms with Crippen LogP contribution in [-0.4, -0.2) is 87.9 Å². The van der Waals surface area contributed by atoms with Crippen molar-refractivity contribution in [3.05, 3.63) is 40.7 Å². The number of pyridine rings is 2. The van der Waals surface area contributed by atoms with Gasteiger partial charge in [0.15, 0.2) is 8.32 Å². The van der Waals surface area contributed by atoms with Gasteiger partial charge in [-0.3, -0.25) is 10.2 Å². The highest BCUT2D eigenvalue weighted by Gasteiger charge is 2.43. The van der Waals surface area contributed by atoms with Gasteiger partial charge in [0.1, 0.15) is 29.0 Å². The Kier molecular flexibility index (Phi) is 11.6. The van der Waals surface area contributed by atoms with Crippen LogP contribution in [0.15, 0.2) is 18.3 Å². The molecule has 2 saturated heterocycles. The molecule has 1 N–H and O–H groups in total. The van der Waals surface area contributed by atoms with Gasteiger partial charge in [-0.05, 0) is 88.1 Å². The van der Waals surface area contributed by atoms with E-state index < -0.39 is 20.2 Å². The monoisotopic (exact) mass is 735 g/mol. The van der Waals surface area contributed by atoms with E-state index in [2.05, 4.69) is 61.2 Å². The highest BCUT2D eigenvalue weighted by Crippen LogP contribution is 2.43. The molecule has 0 aromatic carbocycles. The number of urea groups is 1. The number of hydrogen-bond donors (Lipinski definition) is 1. The zero-order valence-corrected chi connectivity index (χ0v) is 33.7. The Morgan fingerprint density at radius 3 is 2.33 bits per heavy atom. The molecule has 2 aromatic heterocycles. The minimum atomic E-state index is -2.06. The second kappa shape index (κ2) is 15.3. The van der Waals surface area contributed by atoms with E-state index >= 15 is 0 Å². The molecule has 0 radical (unpaired) electrons. The number of fused-ring (bicyclic) bond motifs is 1. The molecular formula is C38H57N7O6Si. The lowest BCUT2D eigenvalue weighted by Gasteiger charge is -2.40. The summed E-state index contributed by atoms with van der Waals surface area (Å²) in [7, 11) is 1.08. The van der Waals surface area contributed by atoms with E-state index in [0.29, 0.717) is 49.1 Å². The van der Waals surface area contributed by atoms with Crippen molar-refractivity contribution < 1.29 is 28.2 Å². The predicted molar refractivity (Wildman–Crippen MR) is 203 cm³/mol. The van der Waals surface area contributed by atoms with Gasteiger partial charge in [-0.1, -0.05) is 20.8 Å². The Morgan fingerprint density at radius 2 is 1.71 bits per heavy atom. The molecule has 0 unspecified atom stereocenters. The molecule has 5 rings (SSSR count). The minimum absolute atomic E-state index is 0.0269. The maximum absolute atomic E-state index is 13.9. The van der Waals surface area contributed by atoms with Crippen LogP contribution in [0, 0.1) is 16.7 Å². The molecule has 13 nitrogen and oxygen atoms in total. The molecule has 52 heavy (non-hydrogen) atoms. The Balaban J connectivity index is 1.32. The number of amides is 3. The number of methoxy groups -OCH3 is 2. The summed E-state index contributed by atoms with van der Waals surface area (Å²) >= 11 is 0. The van der Waals surface area contributed by atoms with E-state index in [4.69, 9.17) is 23.6 Å². The van der Waals surface area contributed by atoms with E-state index in [1.165, 1.54) is 6.20 Å². The molecule has 2 fully saturated rings. The largest absolute Gasteiger partial charge is 0.444 e. The van der Waals surface area contributed by atoms with Crippen LogP contribution in [0.5, 0.6) is 0 Å². The van der Waals surface area contributed by atoms with E-state index in [9.17, 15) is 14.9 Å². The summed E-state index contributed by atoms with van der Waals surface area (Å²) in [6.45, 7) is 20.4. The number of ether oxygens (including phenoxy) is 3. The van der Waals surface area contributed by atoms with Gasteiger partial charge in [0.25, 0.3) is 0 Å². The quantitative estimate of drug-likeness (QED) is 0.216. The number of piperidine rings is 1. The van der Waals surface area contributed by atoms with Crippen LogP contribution in [0.4, 0.5) is 26.9 Å². The van der Waals surface area contributed by atoms with Crippen molar-refractivity contribution in [3.63, 3.8) is 0 Å². The van der Waals surface area contributed by atoms with Crippen molar-refractivity contribution in [1.29, 1.82) is 5.26 Å². The van der Waals surface area contributed by atoms with E-state index in [1.54, 1.807) is 25.2 Å². The summed E-state index contributed by atoms with van der Waals surface area (Å²) in [6, 6.07) is 5.78. The van der Waals surface area contributed by atoms with Crippen LogP contribution in [0.1, 0.15) is 95.9 Å². The summed E-state index contributed by atoms with van der Waals surface area (Å²) in [6.07, 6.45) is 4.77. The number of carbonyl (C=O) groups excluding carboxylic acids is 2. The fraction of sp³-hybridized carbons (Fsp3) is 0.658. The minimum Gasteiger partial charge on any atom is -0.444 e. The standard InChI is InChI=1S/C38H57N7O6Si/c1-36(2,3)51-35(47)44-19-15-38(25-44)13-17-43(18-14-38)29-21-30(40-23-28(29)22-39)41-34(46)45-16-11-12-26-20-27(24-50-52(9,10)37(4,5)6)31(42-32(26)45)33(48-7)49-8/h20-21,23,33H,11-19,24-25H2,1-10H3,(H,40,41,46). The van der Waals surface area contributed by atoms with Crippen molar-refractivity contribution in [2.75, 3.05) is 62.1 Å². The fourth-order valence-corrected chi connectivity index (χ4v) is 7.90. The Labute approximate surface area is 310 Å². The number of likely N-dealkylation sites (tertiary alicyclic amines) is 1. The molecule has 3 aliphatic heterocycles. The number of carbonyl (C=O) groups is 2. The fourth-order valence-electron chi connectivity index (χ4n) is 6.95. The molecule has 3 aliphatic rings. The molecule has 3 amide bonds. The third-order valence-electron chi connectivity index (χ3n) is 11.1. The molecule has 0 atom stereocenters. The lowest BCUT2D eigenvalue weighted by molar-refractivity contribution is -0.109. The van der Waals surface area contributed by atoms with Gasteiger partial charge in [0.2, 0.25) is 6.29 Å². The van der Waals surface area contributed by atoms with Crippen LogP contribution < -0.4 is 15.1 Å². The van der Waals surface area contributed by atoms with E-state index in [-0.39, 0.29) is 22.6 Å². The van der Waals surface area contributed by atoms with Gasteiger partial charge in [-0.25, -0.2) is 19.6 Å². The third-order valence-corrected chi connectivity index (χ3v) is 15.5. The number of rotatable bonds is 8. The zero-order chi connectivity index (χ0) is 38.1. The topological polar surface area (TPSA) is 142 Å². The summed E-state index contributed by atoms with van der Waals surface area (Å²) in [5.41, 5.74) is 3.10. The van der Waals surface area contributed by atoms with Gasteiger partial charge < -0.3 is 28.4 Å². The average molecular weight is 736 g/mol. The summed E-state index contributed by atoms with van der Waals surface area (Å²) < 4.78 is 23.5. The molecule has 5 heterocycles. The highest BCUT2D eigenvalue weighted by molar-refractivity contribution is 6.74. The van der Waals surface area contributed by atoms with Crippen LogP contribution in [0.3, 0.4) is 0 Å². The summed E-state index contributed by atoms with van der Waals surface area (Å²) in [4.78, 5) is 41.7. The van der Waals surface area contributed by atoms with Gasteiger partial charge in [0, 0.05) is 64.8 Å². The molecule has 284 valence electrons. The highest BCUT2D eigenvalue weighted by atomic mass is 28.4. The van der Waals surface area contributed by atoms with E-state index in [0.717, 1.165) is 62.0 Å². The maximum atomic E-state index is 13.9. The first-order valence-corrected chi connectivity index (χ1v) is 21.2. The first-order valence-electron chi connectivity index (χ1n) is 18.3. The predicted octanol–water partition coefficient (Wildman–Crippen LogP) is 7.37. The lowest BCUT2D eigenvalue weighted by Crippen LogP contribution is -2.43. The Hall–Kier alpha value is -3.77. The lowest BCUT2D eigenvalue weighted by atomic mass is 9.77. The molecule has 0 saturated carbocycles. The Bertz CT molecular complexity index is 1670. The van der Waals surface area contributed by atoms with Crippen molar-refractivity contribution in [1.82, 2.24) is 14.9 Å². The number of anilines is 3. The smallest absolute Gasteiger partial charge is 0.410 e. The summed E-state index contributed by atoms with van der Waals surface area (Å²) in [5.74, 6) is 0.913. The van der Waals surface area contributed by atoms with Crippen LogP contribution in [0.2, 0.25) is 18.1 Å². The van der Waals surface area contributed by atoms with Crippen molar-refractivity contribution in [2.45, 2.75) is 110 Å². The SMILES string of the molecule is COC(OC)c1nc2c(cc1CO[Si](C)(C)C(C)(C)C)CCCN2C(=O)Nc1cc(N2CCC3(CCN(C(=O)OC(C)(C)C)C3)CC2)c(C#N)cn1. The first-order chi connectivity index (χ1) is 24.4. The molecule has 0 bridgehead atoms. The van der Waals surface area contributed by atoms with Crippen molar-refractivity contribution in [3.8, 4) is 6.07 Å². The molecular weight excluding hydrogens is 679 g/mol. The second-order valence-electron chi connectivity index (χ2n) is 16.9.